The molecule has 3 nitrogen and oxygen atoms in total. The van der Waals surface area contributed by atoms with Crippen LogP contribution >= 0.6 is 11.3 Å². The lowest BCUT2D eigenvalue weighted by Gasteiger charge is -2.09. The number of hydrogen-bond acceptors (Lipinski definition) is 3. The lowest BCUT2D eigenvalue weighted by molar-refractivity contribution is -0.138. The summed E-state index contributed by atoms with van der Waals surface area (Å²) in [7, 11) is 0. The number of carboxylic acids is 1. The van der Waals surface area contributed by atoms with Gasteiger partial charge in [-0.1, -0.05) is 18.2 Å². The predicted octanol–water partition coefficient (Wildman–Crippen LogP) is 2.42. The molecule has 1 atom stereocenters. The monoisotopic (exact) mass is 235 g/mol. The molecule has 0 spiro atoms. The zero-order valence-electron chi connectivity index (χ0n) is 8.72. The average molecular weight is 235 g/mol. The summed E-state index contributed by atoms with van der Waals surface area (Å²) in [5, 5.41) is 12.1. The van der Waals surface area contributed by atoms with Crippen molar-refractivity contribution in [2.75, 3.05) is 6.54 Å². The van der Waals surface area contributed by atoms with E-state index in [-0.39, 0.29) is 0 Å². The number of benzene rings is 1. The molecule has 3 N–H and O–H groups in total. The summed E-state index contributed by atoms with van der Waals surface area (Å²) in [6.45, 7) is 0.390. The number of rotatable bonds is 4. The standard InChI is InChI=1S/C12H13NO2S/c13-6-5-9(12(14)15)10-7-16-11-4-2-1-3-8(10)11/h1-4,7,9H,5-6,13H2,(H,14,15). The first-order valence-corrected chi connectivity index (χ1v) is 6.01. The van der Waals surface area contributed by atoms with Crippen molar-refractivity contribution < 1.29 is 9.90 Å². The van der Waals surface area contributed by atoms with Gasteiger partial charge in [0.1, 0.15) is 0 Å². The van der Waals surface area contributed by atoms with E-state index in [0.29, 0.717) is 13.0 Å². The van der Waals surface area contributed by atoms with E-state index in [0.717, 1.165) is 15.6 Å². The maximum Gasteiger partial charge on any atom is 0.311 e. The normalized spacial score (nSPS) is 12.8. The van der Waals surface area contributed by atoms with E-state index in [1.807, 2.05) is 29.6 Å². The quantitative estimate of drug-likeness (QED) is 0.855. The first-order chi connectivity index (χ1) is 7.74. The van der Waals surface area contributed by atoms with Gasteiger partial charge in [0.2, 0.25) is 0 Å². The molecule has 1 unspecified atom stereocenters. The van der Waals surface area contributed by atoms with E-state index in [1.54, 1.807) is 11.3 Å². The Morgan fingerprint density at radius 2 is 2.19 bits per heavy atom. The highest BCUT2D eigenvalue weighted by Gasteiger charge is 2.21. The van der Waals surface area contributed by atoms with E-state index in [1.165, 1.54) is 0 Å². The van der Waals surface area contributed by atoms with Crippen LogP contribution in [0.2, 0.25) is 0 Å². The molecule has 4 heteroatoms. The summed E-state index contributed by atoms with van der Waals surface area (Å²) in [6, 6.07) is 7.86. The van der Waals surface area contributed by atoms with E-state index in [9.17, 15) is 9.90 Å². The molecular formula is C12H13NO2S. The van der Waals surface area contributed by atoms with Gasteiger partial charge in [0.15, 0.2) is 0 Å². The summed E-state index contributed by atoms with van der Waals surface area (Å²) in [5.41, 5.74) is 6.34. The molecule has 0 aliphatic rings. The smallest absolute Gasteiger partial charge is 0.311 e. The molecule has 16 heavy (non-hydrogen) atoms. The predicted molar refractivity (Wildman–Crippen MR) is 65.9 cm³/mol. The van der Waals surface area contributed by atoms with Crippen LogP contribution in [0.25, 0.3) is 10.1 Å². The SMILES string of the molecule is NCCC(C(=O)O)c1csc2ccccc12. The van der Waals surface area contributed by atoms with Crippen LogP contribution in [0.1, 0.15) is 17.9 Å². The van der Waals surface area contributed by atoms with Crippen molar-refractivity contribution in [1.82, 2.24) is 0 Å². The van der Waals surface area contributed by atoms with Crippen molar-refractivity contribution in [1.29, 1.82) is 0 Å². The van der Waals surface area contributed by atoms with Gasteiger partial charge in [0, 0.05) is 4.70 Å². The van der Waals surface area contributed by atoms with Gasteiger partial charge in [-0.15, -0.1) is 11.3 Å². The molecule has 0 bridgehead atoms. The highest BCUT2D eigenvalue weighted by Crippen LogP contribution is 2.32. The van der Waals surface area contributed by atoms with Gasteiger partial charge in [-0.25, -0.2) is 0 Å². The summed E-state index contributed by atoms with van der Waals surface area (Å²) in [6.07, 6.45) is 0.482. The van der Waals surface area contributed by atoms with E-state index < -0.39 is 11.9 Å². The first kappa shape index (κ1) is 11.1. The van der Waals surface area contributed by atoms with Gasteiger partial charge in [0.25, 0.3) is 0 Å². The average Bonchev–Trinajstić information content (AvgIpc) is 2.69. The number of fused-ring (bicyclic) bond motifs is 1. The van der Waals surface area contributed by atoms with Crippen molar-refractivity contribution in [3.63, 3.8) is 0 Å². The van der Waals surface area contributed by atoms with Gasteiger partial charge < -0.3 is 10.8 Å². The lowest BCUT2D eigenvalue weighted by atomic mass is 9.95. The Morgan fingerprint density at radius 1 is 1.44 bits per heavy atom. The van der Waals surface area contributed by atoms with Gasteiger partial charge in [-0.3, -0.25) is 4.79 Å². The molecule has 0 amide bonds. The number of nitrogens with two attached hydrogens (primary N) is 1. The van der Waals surface area contributed by atoms with Gasteiger partial charge >= 0.3 is 5.97 Å². The fourth-order valence-corrected chi connectivity index (χ4v) is 2.86. The minimum Gasteiger partial charge on any atom is -0.481 e. The number of aliphatic carboxylic acids is 1. The largest absolute Gasteiger partial charge is 0.481 e. The lowest BCUT2D eigenvalue weighted by Crippen LogP contribution is -2.15. The minimum absolute atomic E-state index is 0.390. The van der Waals surface area contributed by atoms with Crippen LogP contribution in [0.4, 0.5) is 0 Å². The van der Waals surface area contributed by atoms with Crippen molar-refractivity contribution >= 4 is 27.4 Å². The number of carboxylic acid groups (broad SMARTS) is 1. The number of hydrogen-bond donors (Lipinski definition) is 2. The molecule has 0 radical (unpaired) electrons. The molecule has 1 heterocycles. The molecule has 0 fully saturated rings. The van der Waals surface area contributed by atoms with E-state index >= 15 is 0 Å². The van der Waals surface area contributed by atoms with Crippen LogP contribution in [0.3, 0.4) is 0 Å². The highest BCUT2D eigenvalue weighted by molar-refractivity contribution is 7.17. The van der Waals surface area contributed by atoms with Gasteiger partial charge in [-0.05, 0) is 35.4 Å². The molecule has 1 aromatic heterocycles. The van der Waals surface area contributed by atoms with Crippen LogP contribution in [0.5, 0.6) is 0 Å². The van der Waals surface area contributed by atoms with Crippen LogP contribution in [-0.2, 0) is 4.79 Å². The fourth-order valence-electron chi connectivity index (χ4n) is 1.85. The molecule has 84 valence electrons. The first-order valence-electron chi connectivity index (χ1n) is 5.13. The maximum atomic E-state index is 11.2. The van der Waals surface area contributed by atoms with E-state index in [2.05, 4.69) is 0 Å². The Bertz CT molecular complexity index is 506. The number of thiophene rings is 1. The third-order valence-electron chi connectivity index (χ3n) is 2.64. The third kappa shape index (κ3) is 1.94. The molecule has 2 rings (SSSR count). The second kappa shape index (κ2) is 4.63. The van der Waals surface area contributed by atoms with Crippen LogP contribution < -0.4 is 5.73 Å². The van der Waals surface area contributed by atoms with Crippen molar-refractivity contribution in [3.8, 4) is 0 Å². The summed E-state index contributed by atoms with van der Waals surface area (Å²) in [4.78, 5) is 11.2. The minimum atomic E-state index is -0.797. The van der Waals surface area contributed by atoms with Gasteiger partial charge in [0.05, 0.1) is 5.92 Å². The Kier molecular flexibility index (Phi) is 3.22. The molecule has 0 aliphatic carbocycles. The summed E-state index contributed by atoms with van der Waals surface area (Å²) >= 11 is 1.58. The zero-order valence-corrected chi connectivity index (χ0v) is 9.54. The number of carbonyl (C=O) groups is 1. The molecular weight excluding hydrogens is 222 g/mol. The fraction of sp³-hybridized carbons (Fsp3) is 0.250. The van der Waals surface area contributed by atoms with Crippen LogP contribution in [0.15, 0.2) is 29.6 Å². The van der Waals surface area contributed by atoms with Crippen molar-refractivity contribution in [2.45, 2.75) is 12.3 Å². The summed E-state index contributed by atoms with van der Waals surface area (Å²) < 4.78 is 1.13. The zero-order chi connectivity index (χ0) is 11.5. The highest BCUT2D eigenvalue weighted by atomic mass is 32.1. The Labute approximate surface area is 97.5 Å². The Balaban J connectivity index is 2.48. The second-order valence-electron chi connectivity index (χ2n) is 3.66. The third-order valence-corrected chi connectivity index (χ3v) is 3.62. The summed E-state index contributed by atoms with van der Waals surface area (Å²) in [5.74, 6) is -1.28. The Morgan fingerprint density at radius 3 is 2.88 bits per heavy atom. The van der Waals surface area contributed by atoms with E-state index in [4.69, 9.17) is 5.73 Å². The van der Waals surface area contributed by atoms with Crippen LogP contribution in [0, 0.1) is 0 Å². The maximum absolute atomic E-state index is 11.2. The van der Waals surface area contributed by atoms with Crippen molar-refractivity contribution in [2.24, 2.45) is 5.73 Å². The Hall–Kier alpha value is -1.39. The molecule has 0 saturated heterocycles. The van der Waals surface area contributed by atoms with Crippen molar-refractivity contribution in [3.05, 3.63) is 35.2 Å². The molecule has 0 aliphatic heterocycles. The van der Waals surface area contributed by atoms with Crippen LogP contribution in [-0.4, -0.2) is 17.6 Å². The molecule has 1 aromatic carbocycles. The topological polar surface area (TPSA) is 63.3 Å². The molecule has 0 saturated carbocycles. The van der Waals surface area contributed by atoms with Gasteiger partial charge in [-0.2, -0.15) is 0 Å². The second-order valence-corrected chi connectivity index (χ2v) is 4.57. The molecule has 2 aromatic rings.